The SMILES string of the molecule is CN(CC(F)(F)F)C(=O)c1csc(I)c1. The molecule has 0 fully saturated rings. The summed E-state index contributed by atoms with van der Waals surface area (Å²) in [4.78, 5) is 12.1. The Kier molecular flexibility index (Phi) is 3.99. The van der Waals surface area contributed by atoms with Crippen molar-refractivity contribution in [3.63, 3.8) is 0 Å². The van der Waals surface area contributed by atoms with Crippen LogP contribution in [0.3, 0.4) is 0 Å². The lowest BCUT2D eigenvalue weighted by molar-refractivity contribution is -0.138. The van der Waals surface area contributed by atoms with Crippen molar-refractivity contribution < 1.29 is 18.0 Å². The zero-order chi connectivity index (χ0) is 11.6. The van der Waals surface area contributed by atoms with Crippen LogP contribution in [-0.4, -0.2) is 30.6 Å². The zero-order valence-electron chi connectivity index (χ0n) is 7.64. The van der Waals surface area contributed by atoms with Crippen LogP contribution in [0.2, 0.25) is 0 Å². The topological polar surface area (TPSA) is 20.3 Å². The summed E-state index contributed by atoms with van der Waals surface area (Å²) in [6, 6.07) is 1.57. The van der Waals surface area contributed by atoms with Crippen molar-refractivity contribution in [2.75, 3.05) is 13.6 Å². The summed E-state index contributed by atoms with van der Waals surface area (Å²) in [6.45, 7) is -1.22. The summed E-state index contributed by atoms with van der Waals surface area (Å²) in [7, 11) is 1.14. The second kappa shape index (κ2) is 4.69. The molecule has 0 aliphatic heterocycles. The minimum atomic E-state index is -4.35. The van der Waals surface area contributed by atoms with Gasteiger partial charge in [-0.1, -0.05) is 0 Å². The lowest BCUT2D eigenvalue weighted by atomic mass is 10.3. The van der Waals surface area contributed by atoms with E-state index in [0.29, 0.717) is 10.5 Å². The molecule has 2 nitrogen and oxygen atoms in total. The molecular weight excluding hydrogens is 342 g/mol. The molecule has 0 saturated heterocycles. The van der Waals surface area contributed by atoms with Crippen molar-refractivity contribution in [3.05, 3.63) is 19.9 Å². The summed E-state index contributed by atoms with van der Waals surface area (Å²) >= 11 is 3.34. The summed E-state index contributed by atoms with van der Waals surface area (Å²) in [5.41, 5.74) is 0.302. The normalized spacial score (nSPS) is 11.5. The predicted octanol–water partition coefficient (Wildman–Crippen LogP) is 2.99. The molecule has 0 N–H and O–H groups in total. The lowest BCUT2D eigenvalue weighted by Crippen LogP contribution is -2.35. The highest BCUT2D eigenvalue weighted by molar-refractivity contribution is 14.1. The lowest BCUT2D eigenvalue weighted by Gasteiger charge is -2.18. The molecular formula is C8H7F3INOS. The first kappa shape index (κ1) is 12.8. The highest BCUT2D eigenvalue weighted by Crippen LogP contribution is 2.20. The van der Waals surface area contributed by atoms with Crippen LogP contribution < -0.4 is 0 Å². The van der Waals surface area contributed by atoms with Gasteiger partial charge in [0.25, 0.3) is 5.91 Å². The fourth-order valence-electron chi connectivity index (χ4n) is 0.983. The third-order valence-electron chi connectivity index (χ3n) is 1.58. The monoisotopic (exact) mass is 349 g/mol. The van der Waals surface area contributed by atoms with Gasteiger partial charge in [0.1, 0.15) is 6.54 Å². The van der Waals surface area contributed by atoms with Gasteiger partial charge in [-0.2, -0.15) is 13.2 Å². The second-order valence-corrected chi connectivity index (χ2v) is 5.72. The van der Waals surface area contributed by atoms with E-state index in [0.717, 1.165) is 9.93 Å². The molecule has 15 heavy (non-hydrogen) atoms. The Hall–Kier alpha value is -0.310. The molecule has 0 aromatic carbocycles. The number of amides is 1. The Bertz CT molecular complexity index is 363. The van der Waals surface area contributed by atoms with E-state index >= 15 is 0 Å². The van der Waals surface area contributed by atoms with Gasteiger partial charge in [0, 0.05) is 12.4 Å². The number of halogens is 4. The molecule has 0 spiro atoms. The van der Waals surface area contributed by atoms with Crippen LogP contribution in [0.4, 0.5) is 13.2 Å². The third-order valence-corrected chi connectivity index (χ3v) is 3.37. The molecule has 84 valence electrons. The van der Waals surface area contributed by atoms with Crippen molar-refractivity contribution in [3.8, 4) is 0 Å². The Balaban J connectivity index is 2.69. The molecule has 0 unspecified atom stereocenters. The van der Waals surface area contributed by atoms with E-state index in [4.69, 9.17) is 0 Å². The fourth-order valence-corrected chi connectivity index (χ4v) is 2.30. The van der Waals surface area contributed by atoms with Gasteiger partial charge >= 0.3 is 6.18 Å². The standard InChI is InChI=1S/C8H7F3INOS/c1-13(4-8(9,10)11)7(14)5-2-6(12)15-3-5/h2-3H,4H2,1H3. The minimum absolute atomic E-state index is 0.302. The number of hydrogen-bond donors (Lipinski definition) is 0. The quantitative estimate of drug-likeness (QED) is 0.752. The number of carbonyl (C=O) groups is 1. The summed E-state index contributed by atoms with van der Waals surface area (Å²) < 4.78 is 36.9. The van der Waals surface area contributed by atoms with E-state index < -0.39 is 18.6 Å². The highest BCUT2D eigenvalue weighted by Gasteiger charge is 2.31. The van der Waals surface area contributed by atoms with Gasteiger partial charge < -0.3 is 4.90 Å². The van der Waals surface area contributed by atoms with E-state index in [-0.39, 0.29) is 0 Å². The Morgan fingerprint density at radius 3 is 2.60 bits per heavy atom. The minimum Gasteiger partial charge on any atom is -0.333 e. The van der Waals surface area contributed by atoms with E-state index in [1.54, 1.807) is 11.4 Å². The number of hydrogen-bond acceptors (Lipinski definition) is 2. The highest BCUT2D eigenvalue weighted by atomic mass is 127. The van der Waals surface area contributed by atoms with E-state index in [1.165, 1.54) is 11.3 Å². The Morgan fingerprint density at radius 2 is 2.20 bits per heavy atom. The summed E-state index contributed by atoms with van der Waals surface area (Å²) in [5, 5.41) is 1.55. The van der Waals surface area contributed by atoms with Crippen molar-refractivity contribution in [1.82, 2.24) is 4.90 Å². The van der Waals surface area contributed by atoms with Gasteiger partial charge in [-0.15, -0.1) is 11.3 Å². The maximum absolute atomic E-state index is 12.0. The summed E-state index contributed by atoms with van der Waals surface area (Å²) in [5.74, 6) is -0.605. The molecule has 1 rings (SSSR count). The maximum Gasteiger partial charge on any atom is 0.406 e. The number of nitrogens with zero attached hydrogens (tertiary/aromatic N) is 1. The van der Waals surface area contributed by atoms with Gasteiger partial charge in [0.05, 0.1) is 8.45 Å². The Morgan fingerprint density at radius 1 is 1.60 bits per heavy atom. The molecule has 1 amide bonds. The van der Waals surface area contributed by atoms with Crippen LogP contribution in [0, 0.1) is 2.88 Å². The van der Waals surface area contributed by atoms with Gasteiger partial charge in [-0.25, -0.2) is 0 Å². The van der Waals surface area contributed by atoms with Crippen LogP contribution in [-0.2, 0) is 0 Å². The molecule has 1 heterocycles. The van der Waals surface area contributed by atoms with Crippen LogP contribution >= 0.6 is 33.9 Å². The molecule has 1 aromatic rings. The van der Waals surface area contributed by atoms with Crippen molar-refractivity contribution in [2.24, 2.45) is 0 Å². The van der Waals surface area contributed by atoms with Crippen molar-refractivity contribution >= 4 is 39.8 Å². The molecule has 7 heteroatoms. The number of rotatable bonds is 2. The van der Waals surface area contributed by atoms with Crippen LogP contribution in [0.15, 0.2) is 11.4 Å². The molecule has 0 radical (unpaired) electrons. The molecule has 1 aromatic heterocycles. The van der Waals surface area contributed by atoms with Gasteiger partial charge in [0.15, 0.2) is 0 Å². The van der Waals surface area contributed by atoms with Gasteiger partial charge in [-0.05, 0) is 28.7 Å². The number of alkyl halides is 3. The molecule has 0 aliphatic rings. The number of thiophene rings is 1. The molecule has 0 atom stereocenters. The second-order valence-electron chi connectivity index (χ2n) is 2.92. The average Bonchev–Trinajstić information content (AvgIpc) is 2.47. The smallest absolute Gasteiger partial charge is 0.333 e. The van der Waals surface area contributed by atoms with E-state index in [1.807, 2.05) is 22.6 Å². The van der Waals surface area contributed by atoms with Crippen molar-refractivity contribution in [2.45, 2.75) is 6.18 Å². The fraction of sp³-hybridized carbons (Fsp3) is 0.375. The third kappa shape index (κ3) is 3.98. The van der Waals surface area contributed by atoms with E-state index in [9.17, 15) is 18.0 Å². The largest absolute Gasteiger partial charge is 0.406 e. The first-order valence-corrected chi connectivity index (χ1v) is 5.81. The van der Waals surface area contributed by atoms with Crippen LogP contribution in [0.1, 0.15) is 10.4 Å². The zero-order valence-corrected chi connectivity index (χ0v) is 10.6. The van der Waals surface area contributed by atoms with Crippen LogP contribution in [0.5, 0.6) is 0 Å². The first-order valence-electron chi connectivity index (χ1n) is 3.86. The predicted molar refractivity (Wildman–Crippen MR) is 60.1 cm³/mol. The van der Waals surface area contributed by atoms with Gasteiger partial charge in [0.2, 0.25) is 0 Å². The average molecular weight is 349 g/mol. The molecule has 0 aliphatic carbocycles. The maximum atomic E-state index is 12.0. The van der Waals surface area contributed by atoms with Gasteiger partial charge in [-0.3, -0.25) is 4.79 Å². The number of carbonyl (C=O) groups excluding carboxylic acids is 1. The van der Waals surface area contributed by atoms with E-state index in [2.05, 4.69) is 0 Å². The van der Waals surface area contributed by atoms with Crippen LogP contribution in [0.25, 0.3) is 0 Å². The Labute approximate surface area is 102 Å². The molecule has 0 bridgehead atoms. The molecule has 0 saturated carbocycles. The first-order chi connectivity index (χ1) is 6.79. The summed E-state index contributed by atoms with van der Waals surface area (Å²) in [6.07, 6.45) is -4.35. The van der Waals surface area contributed by atoms with Crippen molar-refractivity contribution in [1.29, 1.82) is 0 Å².